The second-order valence-electron chi connectivity index (χ2n) is 9.16. The van der Waals surface area contributed by atoms with E-state index in [-0.39, 0.29) is 23.5 Å². The molecule has 2 saturated heterocycles. The maximum atomic E-state index is 12.6. The van der Waals surface area contributed by atoms with E-state index < -0.39 is 0 Å². The highest BCUT2D eigenvalue weighted by Crippen LogP contribution is 2.21. The Morgan fingerprint density at radius 1 is 1.14 bits per heavy atom. The summed E-state index contributed by atoms with van der Waals surface area (Å²) in [6.07, 6.45) is 5.62. The van der Waals surface area contributed by atoms with Gasteiger partial charge in [-0.15, -0.1) is 11.3 Å². The fraction of sp³-hybridized carbons (Fsp3) is 0.538. The number of piperidine rings is 1. The number of nitrogens with zero attached hydrogens (tertiary/aromatic N) is 3. The molecule has 10 heteroatoms. The van der Waals surface area contributed by atoms with Crippen LogP contribution in [0.1, 0.15) is 55.1 Å². The maximum Gasteiger partial charge on any atom is 0.234 e. The number of ketones is 1. The van der Waals surface area contributed by atoms with E-state index in [1.165, 1.54) is 61.3 Å². The Morgan fingerprint density at radius 2 is 1.75 bits per heavy atom. The lowest BCUT2D eigenvalue weighted by molar-refractivity contribution is -0.131. The molecule has 2 aromatic rings. The number of likely N-dealkylation sites (tertiary alicyclic amines) is 2. The quantitative estimate of drug-likeness (QED) is 0.568. The van der Waals surface area contributed by atoms with Crippen LogP contribution in [0.2, 0.25) is 0 Å². The van der Waals surface area contributed by atoms with Crippen molar-refractivity contribution in [1.29, 1.82) is 0 Å². The van der Waals surface area contributed by atoms with Gasteiger partial charge in [0.15, 0.2) is 0 Å². The van der Waals surface area contributed by atoms with Gasteiger partial charge in [-0.1, -0.05) is 0 Å². The number of nitrogens with two attached hydrogens (primary N) is 1. The number of hydrogen-bond acceptors (Lipinski definition) is 7. The molecular formula is C26H38FN5O3S. The second kappa shape index (κ2) is 15.4. The number of aromatic nitrogens is 1. The minimum Gasteiger partial charge on any atom is -0.368 e. The molecule has 0 saturated carbocycles. The number of likely N-dealkylation sites (N-methyl/N-ethyl adjacent to an activating group) is 1. The molecule has 1 aromatic heterocycles. The van der Waals surface area contributed by atoms with Gasteiger partial charge in [-0.2, -0.15) is 0 Å². The zero-order chi connectivity index (χ0) is 26.5. The number of thiazole rings is 1. The lowest BCUT2D eigenvalue weighted by Gasteiger charge is -2.29. The van der Waals surface area contributed by atoms with Crippen LogP contribution in [0.3, 0.4) is 0 Å². The van der Waals surface area contributed by atoms with Gasteiger partial charge in [-0.3, -0.25) is 14.4 Å². The van der Waals surface area contributed by atoms with Crippen molar-refractivity contribution in [2.75, 3.05) is 40.3 Å². The van der Waals surface area contributed by atoms with Gasteiger partial charge in [0.05, 0.1) is 11.6 Å². The molecule has 1 unspecified atom stereocenters. The number of nitrogens with one attached hydrogen (secondary N) is 1. The summed E-state index contributed by atoms with van der Waals surface area (Å²) in [4.78, 5) is 41.9. The molecule has 2 aliphatic heterocycles. The minimum atomic E-state index is -0.347. The van der Waals surface area contributed by atoms with Crippen LogP contribution >= 0.6 is 11.3 Å². The number of halogens is 1. The molecule has 2 fully saturated rings. The molecule has 0 aliphatic carbocycles. The summed E-state index contributed by atoms with van der Waals surface area (Å²) < 4.78 is 12.6. The summed E-state index contributed by atoms with van der Waals surface area (Å²) >= 11 is 1.36. The van der Waals surface area contributed by atoms with Crippen molar-refractivity contribution in [3.63, 3.8) is 0 Å². The number of benzene rings is 1. The van der Waals surface area contributed by atoms with Crippen molar-refractivity contribution in [1.82, 2.24) is 20.1 Å². The lowest BCUT2D eigenvalue weighted by atomic mass is 9.93. The van der Waals surface area contributed by atoms with E-state index in [4.69, 9.17) is 5.73 Å². The third-order valence-electron chi connectivity index (χ3n) is 6.39. The Hall–Kier alpha value is -2.69. The summed E-state index contributed by atoms with van der Waals surface area (Å²) in [5.74, 6) is 0.213. The van der Waals surface area contributed by atoms with Crippen LogP contribution in [0.25, 0.3) is 0 Å². The first-order valence-corrected chi connectivity index (χ1v) is 13.3. The fourth-order valence-electron chi connectivity index (χ4n) is 3.82. The van der Waals surface area contributed by atoms with Gasteiger partial charge in [-0.25, -0.2) is 9.37 Å². The molecule has 4 rings (SSSR count). The van der Waals surface area contributed by atoms with Crippen LogP contribution < -0.4 is 11.1 Å². The summed E-state index contributed by atoms with van der Waals surface area (Å²) in [5.41, 5.74) is 7.30. The first-order chi connectivity index (χ1) is 17.2. The van der Waals surface area contributed by atoms with Gasteiger partial charge in [0.2, 0.25) is 17.6 Å². The van der Waals surface area contributed by atoms with E-state index >= 15 is 0 Å². The van der Waals surface area contributed by atoms with Crippen LogP contribution in [0.5, 0.6) is 0 Å². The van der Waals surface area contributed by atoms with E-state index in [2.05, 4.69) is 27.1 Å². The highest BCUT2D eigenvalue weighted by atomic mass is 32.1. The number of hydrogen-bond donors (Lipinski definition) is 2. The van der Waals surface area contributed by atoms with Crippen LogP contribution in [-0.2, 0) is 9.59 Å². The van der Waals surface area contributed by atoms with E-state index in [1.807, 2.05) is 0 Å². The summed E-state index contributed by atoms with van der Waals surface area (Å²) in [6, 6.07) is 5.23. The third kappa shape index (κ3) is 10.1. The monoisotopic (exact) mass is 519 g/mol. The Bertz CT molecular complexity index is 941. The molecule has 0 bridgehead atoms. The van der Waals surface area contributed by atoms with Gasteiger partial charge < -0.3 is 20.9 Å². The summed E-state index contributed by atoms with van der Waals surface area (Å²) in [5, 5.41) is 4.36. The third-order valence-corrected chi connectivity index (χ3v) is 6.98. The molecule has 198 valence electrons. The Labute approximate surface area is 217 Å². The number of carbonyl (C=O) groups is 3. The first-order valence-electron chi connectivity index (χ1n) is 12.3. The fourth-order valence-corrected chi connectivity index (χ4v) is 4.36. The van der Waals surface area contributed by atoms with Crippen molar-refractivity contribution < 1.29 is 18.8 Å². The smallest absolute Gasteiger partial charge is 0.234 e. The molecule has 36 heavy (non-hydrogen) atoms. The predicted octanol–water partition coefficient (Wildman–Crippen LogP) is 2.93. The molecule has 8 nitrogen and oxygen atoms in total. The average molecular weight is 520 g/mol. The normalized spacial score (nSPS) is 16.8. The van der Waals surface area contributed by atoms with Gasteiger partial charge in [0.25, 0.3) is 0 Å². The van der Waals surface area contributed by atoms with Crippen LogP contribution in [0.4, 0.5) is 4.39 Å². The van der Waals surface area contributed by atoms with E-state index in [1.54, 1.807) is 24.9 Å². The largest absolute Gasteiger partial charge is 0.368 e. The van der Waals surface area contributed by atoms with Gasteiger partial charge in [-0.05, 0) is 90.0 Å². The lowest BCUT2D eigenvalue weighted by Crippen LogP contribution is -2.36. The second-order valence-corrected chi connectivity index (χ2v) is 9.88. The van der Waals surface area contributed by atoms with E-state index in [0.29, 0.717) is 23.1 Å². The first kappa shape index (κ1) is 29.5. The number of amides is 2. The molecule has 1 aromatic carbocycles. The molecule has 2 aliphatic rings. The highest BCUT2D eigenvalue weighted by molar-refractivity contribution is 7.07. The van der Waals surface area contributed by atoms with Gasteiger partial charge in [0, 0.05) is 30.5 Å². The van der Waals surface area contributed by atoms with Crippen molar-refractivity contribution in [3.8, 4) is 0 Å². The molecule has 3 heterocycles. The van der Waals surface area contributed by atoms with E-state index in [0.717, 1.165) is 32.6 Å². The zero-order valence-corrected chi connectivity index (χ0v) is 22.2. The van der Waals surface area contributed by atoms with Crippen molar-refractivity contribution in [2.24, 2.45) is 11.7 Å². The molecule has 0 spiro atoms. The van der Waals surface area contributed by atoms with Gasteiger partial charge in [0.1, 0.15) is 11.5 Å². The SMILES string of the molecule is CN1CCC(CC(=O)N2CCCC2)CC1.CNC(C)C(N)=O.O=C(c1ccc(F)cc1)c1cscn1. The summed E-state index contributed by atoms with van der Waals surface area (Å²) in [6.45, 7) is 6.05. The molecule has 2 amide bonds. The minimum absolute atomic E-state index is 0.175. The van der Waals surface area contributed by atoms with Crippen molar-refractivity contribution >= 4 is 28.9 Å². The zero-order valence-electron chi connectivity index (χ0n) is 21.4. The van der Waals surface area contributed by atoms with Crippen molar-refractivity contribution in [3.05, 3.63) is 52.2 Å². The highest BCUT2D eigenvalue weighted by Gasteiger charge is 2.24. The molecular weight excluding hydrogens is 481 g/mol. The predicted molar refractivity (Wildman–Crippen MR) is 140 cm³/mol. The molecule has 1 atom stereocenters. The van der Waals surface area contributed by atoms with Crippen LogP contribution in [0, 0.1) is 11.7 Å². The maximum absolute atomic E-state index is 12.6. The number of carbonyl (C=O) groups excluding carboxylic acids is 3. The van der Waals surface area contributed by atoms with E-state index in [9.17, 15) is 18.8 Å². The van der Waals surface area contributed by atoms with Crippen LogP contribution in [0.15, 0.2) is 35.2 Å². The Kier molecular flexibility index (Phi) is 12.7. The average Bonchev–Trinajstić information content (AvgIpc) is 3.61. The Morgan fingerprint density at radius 3 is 2.22 bits per heavy atom. The van der Waals surface area contributed by atoms with Gasteiger partial charge >= 0.3 is 0 Å². The molecule has 0 radical (unpaired) electrons. The number of primary amides is 1. The van der Waals surface area contributed by atoms with Crippen molar-refractivity contribution in [2.45, 2.75) is 45.1 Å². The standard InChI is InChI=1S/C12H22N2O.C10H6FNOS.C4H10N2O/c1-13-8-4-11(5-9-13)10-12(15)14-6-2-3-7-14;11-8-3-1-7(2-4-8)10(13)9-5-14-6-12-9;1-3(6-2)4(5)7/h11H,2-10H2,1H3;1-6H;3,6H,1-2H3,(H2,5,7). The Balaban J connectivity index is 0.000000204. The number of rotatable bonds is 6. The summed E-state index contributed by atoms with van der Waals surface area (Å²) in [7, 11) is 3.86. The molecule has 3 N–H and O–H groups in total. The van der Waals surface area contributed by atoms with Crippen LogP contribution in [-0.4, -0.2) is 78.7 Å². The topological polar surface area (TPSA) is 109 Å².